The number of aromatic nitrogens is 3. The maximum absolute atomic E-state index is 12.4. The maximum Gasteiger partial charge on any atom is 0.233 e. The lowest BCUT2D eigenvalue weighted by atomic mass is 10.1. The van der Waals surface area contributed by atoms with Crippen LogP contribution in [0.4, 0.5) is 0 Å². The van der Waals surface area contributed by atoms with Gasteiger partial charge in [-0.15, -0.1) is 10.2 Å². The zero-order valence-corrected chi connectivity index (χ0v) is 16.4. The van der Waals surface area contributed by atoms with Gasteiger partial charge in [-0.05, 0) is 37.5 Å². The molecule has 1 heterocycles. The summed E-state index contributed by atoms with van der Waals surface area (Å²) in [4.78, 5) is 12.4. The van der Waals surface area contributed by atoms with Crippen molar-refractivity contribution in [3.05, 3.63) is 35.7 Å². The molecule has 0 bridgehead atoms. The average Bonchev–Trinajstić information content (AvgIpc) is 3.27. The second-order valence-corrected chi connectivity index (χ2v) is 8.04. The average molecular weight is 375 g/mol. The van der Waals surface area contributed by atoms with Crippen LogP contribution >= 0.6 is 11.8 Å². The number of thioether (sulfide) groups is 1. The molecule has 2 aromatic rings. The quantitative estimate of drug-likeness (QED) is 0.755. The predicted octanol–water partition coefficient (Wildman–Crippen LogP) is 2.95. The van der Waals surface area contributed by atoms with E-state index in [0.717, 1.165) is 35.1 Å². The van der Waals surface area contributed by atoms with Gasteiger partial charge in [0.25, 0.3) is 0 Å². The first-order valence-electron chi connectivity index (χ1n) is 9.05. The fraction of sp³-hybridized carbons (Fsp3) is 0.526. The van der Waals surface area contributed by atoms with Gasteiger partial charge in [0.1, 0.15) is 11.6 Å². The number of rotatable bonds is 7. The van der Waals surface area contributed by atoms with Crippen LogP contribution in [0.15, 0.2) is 29.4 Å². The van der Waals surface area contributed by atoms with E-state index >= 15 is 0 Å². The van der Waals surface area contributed by atoms with Crippen molar-refractivity contribution in [2.45, 2.75) is 55.5 Å². The fourth-order valence-corrected chi connectivity index (χ4v) is 3.97. The maximum atomic E-state index is 12.4. The summed E-state index contributed by atoms with van der Waals surface area (Å²) in [5.74, 6) is 1.80. The van der Waals surface area contributed by atoms with Gasteiger partial charge >= 0.3 is 0 Å². The summed E-state index contributed by atoms with van der Waals surface area (Å²) in [5.41, 5.74) is 1.14. The van der Waals surface area contributed by atoms with Crippen molar-refractivity contribution in [3.8, 4) is 5.75 Å². The van der Waals surface area contributed by atoms with Crippen molar-refractivity contribution in [1.82, 2.24) is 20.1 Å². The van der Waals surface area contributed by atoms with E-state index < -0.39 is 0 Å². The fourth-order valence-electron chi connectivity index (χ4n) is 3.13. The molecule has 1 N–H and O–H groups in total. The van der Waals surface area contributed by atoms with Crippen LogP contribution in [-0.2, 0) is 18.3 Å². The molecule has 26 heavy (non-hydrogen) atoms. The molecule has 1 saturated carbocycles. The Morgan fingerprint density at radius 3 is 2.65 bits per heavy atom. The number of nitrogens with zero attached hydrogens (tertiary/aromatic N) is 3. The molecule has 1 aromatic heterocycles. The lowest BCUT2D eigenvalue weighted by Crippen LogP contribution is -2.37. The largest absolute Gasteiger partial charge is 0.497 e. The summed E-state index contributed by atoms with van der Waals surface area (Å²) in [6.07, 6.45) is 5.31. The summed E-state index contributed by atoms with van der Waals surface area (Å²) < 4.78 is 7.15. The van der Waals surface area contributed by atoms with Crippen molar-refractivity contribution in [2.24, 2.45) is 7.05 Å². The first-order valence-corrected chi connectivity index (χ1v) is 9.93. The van der Waals surface area contributed by atoms with Crippen molar-refractivity contribution in [3.63, 3.8) is 0 Å². The monoisotopic (exact) mass is 374 g/mol. The van der Waals surface area contributed by atoms with E-state index in [4.69, 9.17) is 4.74 Å². The SMILES string of the molecule is COc1ccc(Cc2nnc(S[C@@H](C)C(=O)NC3CCCC3)n2C)cc1. The van der Waals surface area contributed by atoms with Gasteiger partial charge in [0.15, 0.2) is 5.16 Å². The summed E-state index contributed by atoms with van der Waals surface area (Å²) in [6.45, 7) is 1.92. The van der Waals surface area contributed by atoms with Crippen molar-refractivity contribution in [1.29, 1.82) is 0 Å². The van der Waals surface area contributed by atoms with E-state index in [1.165, 1.54) is 24.6 Å². The number of methoxy groups -OCH3 is 1. The number of amides is 1. The minimum absolute atomic E-state index is 0.0848. The number of hydrogen-bond acceptors (Lipinski definition) is 5. The zero-order chi connectivity index (χ0) is 18.5. The number of hydrogen-bond donors (Lipinski definition) is 1. The summed E-state index contributed by atoms with van der Waals surface area (Å²) in [5, 5.41) is 12.3. The Morgan fingerprint density at radius 1 is 1.31 bits per heavy atom. The minimum atomic E-state index is -0.188. The number of carbonyl (C=O) groups excluding carboxylic acids is 1. The summed E-state index contributed by atoms with van der Waals surface area (Å²) in [7, 11) is 3.61. The van der Waals surface area contributed by atoms with E-state index in [-0.39, 0.29) is 11.2 Å². The molecule has 1 amide bonds. The highest BCUT2D eigenvalue weighted by molar-refractivity contribution is 8.00. The second kappa shape index (κ2) is 8.58. The Labute approximate surface area is 158 Å². The number of ether oxygens (including phenoxy) is 1. The van der Waals surface area contributed by atoms with Crippen LogP contribution in [0.3, 0.4) is 0 Å². The molecule has 7 heteroatoms. The van der Waals surface area contributed by atoms with Crippen LogP contribution in [0.1, 0.15) is 44.0 Å². The molecule has 0 aliphatic heterocycles. The van der Waals surface area contributed by atoms with Crippen LogP contribution in [0, 0.1) is 0 Å². The van der Waals surface area contributed by atoms with Gasteiger partial charge in [-0.1, -0.05) is 36.7 Å². The van der Waals surface area contributed by atoms with E-state index in [2.05, 4.69) is 15.5 Å². The van der Waals surface area contributed by atoms with Gasteiger partial charge < -0.3 is 14.6 Å². The van der Waals surface area contributed by atoms with E-state index in [9.17, 15) is 4.79 Å². The van der Waals surface area contributed by atoms with Gasteiger partial charge in [-0.25, -0.2) is 0 Å². The number of nitrogens with one attached hydrogen (secondary N) is 1. The predicted molar refractivity (Wildman–Crippen MR) is 103 cm³/mol. The number of carbonyl (C=O) groups is 1. The number of benzene rings is 1. The molecule has 0 radical (unpaired) electrons. The van der Waals surface area contributed by atoms with Crippen molar-refractivity contribution < 1.29 is 9.53 Å². The molecule has 0 saturated heterocycles. The van der Waals surface area contributed by atoms with Crippen LogP contribution < -0.4 is 10.1 Å². The highest BCUT2D eigenvalue weighted by atomic mass is 32.2. The molecule has 1 aliphatic carbocycles. The van der Waals surface area contributed by atoms with Gasteiger partial charge in [0.05, 0.1) is 12.4 Å². The summed E-state index contributed by atoms with van der Waals surface area (Å²) >= 11 is 1.46. The van der Waals surface area contributed by atoms with Crippen LogP contribution in [-0.4, -0.2) is 39.1 Å². The standard InChI is InChI=1S/C19H26N4O2S/c1-13(18(24)20-15-6-4-5-7-15)26-19-22-21-17(23(19)2)12-14-8-10-16(25-3)11-9-14/h8-11,13,15H,4-7,12H2,1-3H3,(H,20,24)/t13-/m0/s1. The van der Waals surface area contributed by atoms with E-state index in [0.29, 0.717) is 12.5 Å². The highest BCUT2D eigenvalue weighted by Gasteiger charge is 2.23. The van der Waals surface area contributed by atoms with Gasteiger partial charge in [-0.3, -0.25) is 4.79 Å². The molecule has 1 aromatic carbocycles. The Morgan fingerprint density at radius 2 is 2.00 bits per heavy atom. The molecule has 1 atom stereocenters. The Kier molecular flexibility index (Phi) is 6.19. The smallest absolute Gasteiger partial charge is 0.233 e. The van der Waals surface area contributed by atoms with E-state index in [1.54, 1.807) is 7.11 Å². The first-order chi connectivity index (χ1) is 12.6. The molecular weight excluding hydrogens is 348 g/mol. The lowest BCUT2D eigenvalue weighted by molar-refractivity contribution is -0.120. The van der Waals surface area contributed by atoms with Gasteiger partial charge in [0, 0.05) is 19.5 Å². The molecule has 140 valence electrons. The molecule has 1 fully saturated rings. The van der Waals surface area contributed by atoms with Crippen LogP contribution in [0.25, 0.3) is 0 Å². The van der Waals surface area contributed by atoms with Crippen LogP contribution in [0.2, 0.25) is 0 Å². The van der Waals surface area contributed by atoms with E-state index in [1.807, 2.05) is 42.8 Å². The third-order valence-electron chi connectivity index (χ3n) is 4.80. The topological polar surface area (TPSA) is 69.0 Å². The highest BCUT2D eigenvalue weighted by Crippen LogP contribution is 2.24. The molecular formula is C19H26N4O2S. The molecule has 0 spiro atoms. The molecule has 6 nitrogen and oxygen atoms in total. The summed E-state index contributed by atoms with van der Waals surface area (Å²) in [6, 6.07) is 8.28. The zero-order valence-electron chi connectivity index (χ0n) is 15.6. The first kappa shape index (κ1) is 18.8. The van der Waals surface area contributed by atoms with Crippen molar-refractivity contribution in [2.75, 3.05) is 7.11 Å². The lowest BCUT2D eigenvalue weighted by Gasteiger charge is -2.16. The Balaban J connectivity index is 1.59. The normalized spacial score (nSPS) is 15.8. The Hall–Kier alpha value is -2.02. The minimum Gasteiger partial charge on any atom is -0.497 e. The second-order valence-electron chi connectivity index (χ2n) is 6.73. The molecule has 0 unspecified atom stereocenters. The van der Waals surface area contributed by atoms with Crippen molar-refractivity contribution >= 4 is 17.7 Å². The van der Waals surface area contributed by atoms with Gasteiger partial charge in [0.2, 0.25) is 5.91 Å². The van der Waals surface area contributed by atoms with Crippen LogP contribution in [0.5, 0.6) is 5.75 Å². The molecule has 1 aliphatic rings. The third kappa shape index (κ3) is 4.58. The van der Waals surface area contributed by atoms with Gasteiger partial charge in [-0.2, -0.15) is 0 Å². The Bertz CT molecular complexity index is 738. The molecule has 3 rings (SSSR count). The third-order valence-corrected chi connectivity index (χ3v) is 5.93.